The van der Waals surface area contributed by atoms with Crippen molar-refractivity contribution in [3.05, 3.63) is 35.6 Å². The first-order valence-electron chi connectivity index (χ1n) is 7.08. The molecule has 20 heavy (non-hydrogen) atoms. The van der Waals surface area contributed by atoms with E-state index in [1.54, 1.807) is 18.2 Å². The molecule has 5 heteroatoms. The molecule has 0 radical (unpaired) electrons. The fourth-order valence-electron chi connectivity index (χ4n) is 2.19. The first-order valence-corrected chi connectivity index (χ1v) is 7.08. The number of hydrogen-bond acceptors (Lipinski definition) is 3. The Kier molecular flexibility index (Phi) is 5.95. The fourth-order valence-corrected chi connectivity index (χ4v) is 2.19. The molecule has 1 amide bonds. The number of carbonyl (C=O) groups excluding carboxylic acids is 1. The maximum absolute atomic E-state index is 13.3. The molecule has 0 aromatic heterocycles. The van der Waals surface area contributed by atoms with Crippen LogP contribution in [0.3, 0.4) is 0 Å². The van der Waals surface area contributed by atoms with Gasteiger partial charge in [-0.15, -0.1) is 0 Å². The van der Waals surface area contributed by atoms with E-state index in [4.69, 9.17) is 4.74 Å². The summed E-state index contributed by atoms with van der Waals surface area (Å²) in [7, 11) is 0. The third-order valence-electron chi connectivity index (χ3n) is 3.36. The number of rotatable bonds is 7. The van der Waals surface area contributed by atoms with Crippen molar-refractivity contribution in [1.82, 2.24) is 10.6 Å². The van der Waals surface area contributed by atoms with Crippen LogP contribution in [0, 0.1) is 5.82 Å². The normalized spacial score (nSPS) is 18.1. The molecule has 0 bridgehead atoms. The number of halogens is 1. The Morgan fingerprint density at radius 1 is 1.40 bits per heavy atom. The first-order chi connectivity index (χ1) is 9.75. The zero-order valence-electron chi connectivity index (χ0n) is 11.5. The van der Waals surface area contributed by atoms with Crippen LogP contribution in [0.1, 0.15) is 24.8 Å². The largest absolute Gasteiger partial charge is 0.377 e. The van der Waals surface area contributed by atoms with Gasteiger partial charge in [0.1, 0.15) is 5.82 Å². The van der Waals surface area contributed by atoms with E-state index in [1.807, 2.05) is 0 Å². The average molecular weight is 280 g/mol. The highest BCUT2D eigenvalue weighted by Gasteiger charge is 2.14. The smallest absolute Gasteiger partial charge is 0.221 e. The predicted molar refractivity (Wildman–Crippen MR) is 74.7 cm³/mol. The van der Waals surface area contributed by atoms with Crippen molar-refractivity contribution in [3.63, 3.8) is 0 Å². The van der Waals surface area contributed by atoms with E-state index in [9.17, 15) is 9.18 Å². The quantitative estimate of drug-likeness (QED) is 0.746. The highest BCUT2D eigenvalue weighted by molar-refractivity contribution is 5.76. The van der Waals surface area contributed by atoms with E-state index in [0.717, 1.165) is 26.0 Å². The molecule has 1 aromatic carbocycles. The summed E-state index contributed by atoms with van der Waals surface area (Å²) in [5, 5.41) is 5.93. The van der Waals surface area contributed by atoms with Crippen LogP contribution < -0.4 is 10.6 Å². The van der Waals surface area contributed by atoms with Gasteiger partial charge in [0.25, 0.3) is 0 Å². The molecule has 1 aliphatic heterocycles. The molecule has 1 atom stereocenters. The Morgan fingerprint density at radius 3 is 3.00 bits per heavy atom. The SMILES string of the molecule is O=C(CCNCC1CCCO1)NCc1ccccc1F. The van der Waals surface area contributed by atoms with Crippen LogP contribution in [-0.2, 0) is 16.1 Å². The lowest BCUT2D eigenvalue weighted by atomic mass is 10.2. The van der Waals surface area contributed by atoms with Crippen LogP contribution in [0.5, 0.6) is 0 Å². The van der Waals surface area contributed by atoms with Crippen LogP contribution >= 0.6 is 0 Å². The van der Waals surface area contributed by atoms with Crippen LogP contribution in [-0.4, -0.2) is 31.7 Å². The number of nitrogens with one attached hydrogen (secondary N) is 2. The third-order valence-corrected chi connectivity index (χ3v) is 3.36. The zero-order valence-corrected chi connectivity index (χ0v) is 11.5. The molecular formula is C15H21FN2O2. The minimum Gasteiger partial charge on any atom is -0.377 e. The Labute approximate surface area is 118 Å². The molecule has 1 unspecified atom stereocenters. The molecule has 1 fully saturated rings. The molecule has 110 valence electrons. The van der Waals surface area contributed by atoms with Crippen molar-refractivity contribution >= 4 is 5.91 Å². The van der Waals surface area contributed by atoms with E-state index in [-0.39, 0.29) is 24.4 Å². The van der Waals surface area contributed by atoms with Gasteiger partial charge in [0.2, 0.25) is 5.91 Å². The summed E-state index contributed by atoms with van der Waals surface area (Å²) in [4.78, 5) is 11.6. The summed E-state index contributed by atoms with van der Waals surface area (Å²) in [6.45, 7) is 2.48. The fraction of sp³-hybridized carbons (Fsp3) is 0.533. The molecule has 1 saturated heterocycles. The van der Waals surface area contributed by atoms with Crippen molar-refractivity contribution in [2.45, 2.75) is 31.9 Å². The van der Waals surface area contributed by atoms with Gasteiger partial charge >= 0.3 is 0 Å². The van der Waals surface area contributed by atoms with Gasteiger partial charge in [-0.05, 0) is 18.9 Å². The van der Waals surface area contributed by atoms with Gasteiger partial charge in [-0.3, -0.25) is 4.79 Å². The van der Waals surface area contributed by atoms with E-state index in [2.05, 4.69) is 10.6 Å². The molecule has 0 saturated carbocycles. The summed E-state index contributed by atoms with van der Waals surface area (Å²) in [5.41, 5.74) is 0.508. The number of amides is 1. The summed E-state index contributed by atoms with van der Waals surface area (Å²) < 4.78 is 18.8. The van der Waals surface area contributed by atoms with Gasteiger partial charge in [0, 0.05) is 38.2 Å². The lowest BCUT2D eigenvalue weighted by molar-refractivity contribution is -0.121. The summed E-state index contributed by atoms with van der Waals surface area (Å²) in [6.07, 6.45) is 2.89. The Morgan fingerprint density at radius 2 is 2.25 bits per heavy atom. The topological polar surface area (TPSA) is 50.4 Å². The number of hydrogen-bond donors (Lipinski definition) is 2. The second-order valence-corrected chi connectivity index (χ2v) is 4.96. The molecule has 4 nitrogen and oxygen atoms in total. The van der Waals surface area contributed by atoms with Crippen molar-refractivity contribution in [1.29, 1.82) is 0 Å². The molecule has 2 N–H and O–H groups in total. The summed E-state index contributed by atoms with van der Waals surface area (Å²) in [6, 6.07) is 6.46. The second-order valence-electron chi connectivity index (χ2n) is 4.96. The Hall–Kier alpha value is -1.46. The number of carbonyl (C=O) groups is 1. The van der Waals surface area contributed by atoms with Gasteiger partial charge in [0.05, 0.1) is 6.10 Å². The summed E-state index contributed by atoms with van der Waals surface area (Å²) >= 11 is 0. The van der Waals surface area contributed by atoms with Crippen molar-refractivity contribution in [3.8, 4) is 0 Å². The highest BCUT2D eigenvalue weighted by atomic mass is 19.1. The maximum atomic E-state index is 13.3. The van der Waals surface area contributed by atoms with E-state index in [0.29, 0.717) is 18.5 Å². The first kappa shape index (κ1) is 14.9. The van der Waals surface area contributed by atoms with Crippen LogP contribution in [0.15, 0.2) is 24.3 Å². The minimum absolute atomic E-state index is 0.0758. The molecule has 0 spiro atoms. The standard InChI is InChI=1S/C15H21FN2O2/c16-14-6-2-1-4-12(14)10-18-15(19)7-8-17-11-13-5-3-9-20-13/h1-2,4,6,13,17H,3,5,7-11H2,(H,18,19). The van der Waals surface area contributed by atoms with E-state index < -0.39 is 0 Å². The minimum atomic E-state index is -0.288. The molecule has 1 aromatic rings. The lowest BCUT2D eigenvalue weighted by Crippen LogP contribution is -2.31. The third kappa shape index (κ3) is 4.90. The molecule has 0 aliphatic carbocycles. The molecule has 1 heterocycles. The number of benzene rings is 1. The highest BCUT2D eigenvalue weighted by Crippen LogP contribution is 2.10. The molecule has 1 aliphatic rings. The van der Waals surface area contributed by atoms with E-state index >= 15 is 0 Å². The average Bonchev–Trinajstić information content (AvgIpc) is 2.96. The van der Waals surface area contributed by atoms with E-state index in [1.165, 1.54) is 6.07 Å². The van der Waals surface area contributed by atoms with Crippen LogP contribution in [0.25, 0.3) is 0 Å². The van der Waals surface area contributed by atoms with Gasteiger partial charge in [-0.1, -0.05) is 18.2 Å². The molecule has 2 rings (SSSR count). The predicted octanol–water partition coefficient (Wildman–Crippen LogP) is 1.60. The van der Waals surface area contributed by atoms with Crippen LogP contribution in [0.2, 0.25) is 0 Å². The zero-order chi connectivity index (χ0) is 14.2. The van der Waals surface area contributed by atoms with Gasteiger partial charge in [-0.25, -0.2) is 4.39 Å². The van der Waals surface area contributed by atoms with Crippen LogP contribution in [0.4, 0.5) is 4.39 Å². The second kappa shape index (κ2) is 7.97. The Bertz CT molecular complexity index is 434. The van der Waals surface area contributed by atoms with Gasteiger partial charge in [0.15, 0.2) is 0 Å². The van der Waals surface area contributed by atoms with Crippen molar-refractivity contribution in [2.24, 2.45) is 0 Å². The lowest BCUT2D eigenvalue weighted by Gasteiger charge is -2.10. The van der Waals surface area contributed by atoms with Crippen molar-refractivity contribution < 1.29 is 13.9 Å². The van der Waals surface area contributed by atoms with Crippen molar-refractivity contribution in [2.75, 3.05) is 19.7 Å². The summed E-state index contributed by atoms with van der Waals surface area (Å²) in [5.74, 6) is -0.364. The maximum Gasteiger partial charge on any atom is 0.221 e. The monoisotopic (exact) mass is 280 g/mol. The Balaban J connectivity index is 1.57. The van der Waals surface area contributed by atoms with Gasteiger partial charge < -0.3 is 15.4 Å². The molecular weight excluding hydrogens is 259 g/mol. The van der Waals surface area contributed by atoms with Gasteiger partial charge in [-0.2, -0.15) is 0 Å². The number of ether oxygens (including phenoxy) is 1.